The Labute approximate surface area is 158 Å². The molecule has 1 aliphatic rings. The SMILES string of the molecule is Cn1cc(C(=O)N2CCN(CCn3nc(C(C)(C)C)ccc3=O)CC2)nn1. The lowest BCUT2D eigenvalue weighted by atomic mass is 9.92. The topological polar surface area (TPSA) is 89.2 Å². The van der Waals surface area contributed by atoms with Gasteiger partial charge in [0, 0.05) is 51.3 Å². The monoisotopic (exact) mass is 373 g/mol. The van der Waals surface area contributed by atoms with Crippen LogP contribution in [0, 0.1) is 0 Å². The van der Waals surface area contributed by atoms with E-state index in [1.165, 1.54) is 9.36 Å². The average molecular weight is 373 g/mol. The maximum absolute atomic E-state index is 12.4. The first kappa shape index (κ1) is 19.2. The van der Waals surface area contributed by atoms with E-state index in [1.807, 2.05) is 0 Å². The van der Waals surface area contributed by atoms with Crippen LogP contribution in [-0.2, 0) is 19.0 Å². The predicted octanol–water partition coefficient (Wildman–Crippen LogP) is 0.127. The molecule has 1 aliphatic heterocycles. The second-order valence-corrected chi connectivity index (χ2v) is 7.94. The first-order valence-corrected chi connectivity index (χ1v) is 9.20. The van der Waals surface area contributed by atoms with E-state index in [2.05, 4.69) is 41.1 Å². The minimum absolute atomic E-state index is 0.0838. The van der Waals surface area contributed by atoms with E-state index in [-0.39, 0.29) is 16.9 Å². The van der Waals surface area contributed by atoms with Gasteiger partial charge >= 0.3 is 0 Å². The summed E-state index contributed by atoms with van der Waals surface area (Å²) >= 11 is 0. The molecule has 0 bridgehead atoms. The standard InChI is InChI=1S/C18H27N7O2/c1-18(2,3)15-5-6-16(26)25(20-15)12-9-23-7-10-24(11-8-23)17(27)14-13-22(4)21-19-14/h5-6,13H,7-12H2,1-4H3. The van der Waals surface area contributed by atoms with E-state index in [0.29, 0.717) is 25.3 Å². The van der Waals surface area contributed by atoms with Crippen LogP contribution >= 0.6 is 0 Å². The molecule has 0 aromatic carbocycles. The highest BCUT2D eigenvalue weighted by atomic mass is 16.2. The summed E-state index contributed by atoms with van der Waals surface area (Å²) in [7, 11) is 1.74. The van der Waals surface area contributed by atoms with Crippen molar-refractivity contribution in [2.24, 2.45) is 7.05 Å². The van der Waals surface area contributed by atoms with Gasteiger partial charge in [0.15, 0.2) is 5.69 Å². The van der Waals surface area contributed by atoms with Crippen molar-refractivity contribution in [3.05, 3.63) is 40.1 Å². The Balaban J connectivity index is 1.54. The van der Waals surface area contributed by atoms with Crippen molar-refractivity contribution in [1.29, 1.82) is 0 Å². The molecule has 0 unspecified atom stereocenters. The zero-order chi connectivity index (χ0) is 19.6. The van der Waals surface area contributed by atoms with Crippen molar-refractivity contribution in [2.45, 2.75) is 32.7 Å². The third kappa shape index (κ3) is 4.60. The Kier molecular flexibility index (Phi) is 5.41. The molecule has 0 aliphatic carbocycles. The van der Waals surface area contributed by atoms with Crippen LogP contribution < -0.4 is 5.56 Å². The number of aryl methyl sites for hydroxylation is 1. The van der Waals surface area contributed by atoms with Gasteiger partial charge in [0.25, 0.3) is 11.5 Å². The molecule has 2 aromatic heterocycles. The number of hydrogen-bond donors (Lipinski definition) is 0. The summed E-state index contributed by atoms with van der Waals surface area (Å²) in [6.07, 6.45) is 1.63. The molecule has 1 fully saturated rings. The molecule has 0 radical (unpaired) electrons. The Morgan fingerprint density at radius 3 is 2.41 bits per heavy atom. The molecular weight excluding hydrogens is 346 g/mol. The van der Waals surface area contributed by atoms with Gasteiger partial charge in [-0.3, -0.25) is 19.2 Å². The van der Waals surface area contributed by atoms with Crippen molar-refractivity contribution in [1.82, 2.24) is 34.6 Å². The molecule has 3 heterocycles. The van der Waals surface area contributed by atoms with Crippen molar-refractivity contribution >= 4 is 5.91 Å². The highest BCUT2D eigenvalue weighted by molar-refractivity contribution is 5.92. The Morgan fingerprint density at radius 2 is 1.81 bits per heavy atom. The first-order chi connectivity index (χ1) is 12.7. The number of aromatic nitrogens is 5. The molecule has 9 heteroatoms. The van der Waals surface area contributed by atoms with Crippen molar-refractivity contribution < 1.29 is 4.79 Å². The van der Waals surface area contributed by atoms with Gasteiger partial charge in [-0.1, -0.05) is 26.0 Å². The number of nitrogens with zero attached hydrogens (tertiary/aromatic N) is 7. The summed E-state index contributed by atoms with van der Waals surface area (Å²) in [5, 5.41) is 12.2. The molecule has 0 saturated carbocycles. The van der Waals surface area contributed by atoms with Crippen LogP contribution in [0.1, 0.15) is 37.0 Å². The van der Waals surface area contributed by atoms with E-state index in [0.717, 1.165) is 25.3 Å². The molecule has 1 amide bonds. The normalized spacial score (nSPS) is 15.9. The van der Waals surface area contributed by atoms with Crippen LogP contribution in [0.25, 0.3) is 0 Å². The Morgan fingerprint density at radius 1 is 1.11 bits per heavy atom. The fourth-order valence-electron chi connectivity index (χ4n) is 3.03. The molecule has 3 rings (SSSR count). The van der Waals surface area contributed by atoms with Crippen molar-refractivity contribution in [3.63, 3.8) is 0 Å². The van der Waals surface area contributed by atoms with Crippen molar-refractivity contribution in [3.8, 4) is 0 Å². The van der Waals surface area contributed by atoms with Crippen molar-refractivity contribution in [2.75, 3.05) is 32.7 Å². The van der Waals surface area contributed by atoms with Gasteiger partial charge in [-0.2, -0.15) is 5.10 Å². The Bertz CT molecular complexity index is 857. The van der Waals surface area contributed by atoms with Crippen LogP contribution in [0.5, 0.6) is 0 Å². The largest absolute Gasteiger partial charge is 0.335 e. The van der Waals surface area contributed by atoms with Gasteiger partial charge in [0.2, 0.25) is 0 Å². The predicted molar refractivity (Wildman–Crippen MR) is 101 cm³/mol. The summed E-state index contributed by atoms with van der Waals surface area (Å²) in [5.41, 5.74) is 1.10. The molecule has 1 saturated heterocycles. The fraction of sp³-hybridized carbons (Fsp3) is 0.611. The minimum atomic E-state index is -0.0955. The molecule has 0 N–H and O–H groups in total. The zero-order valence-electron chi connectivity index (χ0n) is 16.4. The molecule has 146 valence electrons. The lowest BCUT2D eigenvalue weighted by Gasteiger charge is -2.34. The maximum Gasteiger partial charge on any atom is 0.276 e. The summed E-state index contributed by atoms with van der Waals surface area (Å²) in [6.45, 7) is 10.3. The summed E-state index contributed by atoms with van der Waals surface area (Å²) in [4.78, 5) is 28.5. The molecule has 27 heavy (non-hydrogen) atoms. The van der Waals surface area contributed by atoms with Gasteiger partial charge in [-0.25, -0.2) is 4.68 Å². The lowest BCUT2D eigenvalue weighted by molar-refractivity contribution is 0.0625. The second kappa shape index (κ2) is 7.59. The van der Waals surface area contributed by atoms with Crippen LogP contribution in [0.2, 0.25) is 0 Å². The smallest absolute Gasteiger partial charge is 0.276 e. The van der Waals surface area contributed by atoms with Gasteiger partial charge < -0.3 is 4.90 Å². The number of amides is 1. The van der Waals surface area contributed by atoms with Crippen LogP contribution in [-0.4, -0.2) is 73.2 Å². The van der Waals surface area contributed by atoms with Crippen LogP contribution in [0.4, 0.5) is 0 Å². The van der Waals surface area contributed by atoms with Gasteiger partial charge in [0.1, 0.15) is 0 Å². The van der Waals surface area contributed by atoms with E-state index in [4.69, 9.17) is 0 Å². The van der Waals surface area contributed by atoms with Gasteiger partial charge in [-0.05, 0) is 6.07 Å². The molecule has 0 spiro atoms. The summed E-state index contributed by atoms with van der Waals surface area (Å²) in [6, 6.07) is 3.39. The second-order valence-electron chi connectivity index (χ2n) is 7.94. The summed E-state index contributed by atoms with van der Waals surface area (Å²) in [5.74, 6) is -0.0847. The number of hydrogen-bond acceptors (Lipinski definition) is 6. The third-order valence-electron chi connectivity index (χ3n) is 4.74. The van der Waals surface area contributed by atoms with E-state index in [1.54, 1.807) is 30.3 Å². The van der Waals surface area contributed by atoms with E-state index >= 15 is 0 Å². The number of carbonyl (C=O) groups is 1. The molecule has 2 aromatic rings. The van der Waals surface area contributed by atoms with E-state index in [9.17, 15) is 9.59 Å². The average Bonchev–Trinajstić information content (AvgIpc) is 3.06. The minimum Gasteiger partial charge on any atom is -0.335 e. The number of rotatable bonds is 4. The molecule has 0 atom stereocenters. The third-order valence-corrected chi connectivity index (χ3v) is 4.74. The van der Waals surface area contributed by atoms with E-state index < -0.39 is 0 Å². The number of carbonyl (C=O) groups excluding carboxylic acids is 1. The van der Waals surface area contributed by atoms with Gasteiger partial charge in [0.05, 0.1) is 18.4 Å². The highest BCUT2D eigenvalue weighted by Gasteiger charge is 2.24. The first-order valence-electron chi connectivity index (χ1n) is 9.20. The highest BCUT2D eigenvalue weighted by Crippen LogP contribution is 2.18. The van der Waals surface area contributed by atoms with Crippen LogP contribution in [0.3, 0.4) is 0 Å². The molecular formula is C18H27N7O2. The van der Waals surface area contributed by atoms with Crippen LogP contribution in [0.15, 0.2) is 23.1 Å². The lowest BCUT2D eigenvalue weighted by Crippen LogP contribution is -2.49. The molecule has 9 nitrogen and oxygen atoms in total. The van der Waals surface area contributed by atoms with Gasteiger partial charge in [-0.15, -0.1) is 5.10 Å². The number of piperazine rings is 1. The Hall–Kier alpha value is -2.55. The maximum atomic E-state index is 12.4. The fourth-order valence-corrected chi connectivity index (χ4v) is 3.03. The quantitative estimate of drug-likeness (QED) is 0.757. The zero-order valence-corrected chi connectivity index (χ0v) is 16.4. The summed E-state index contributed by atoms with van der Waals surface area (Å²) < 4.78 is 3.07.